The van der Waals surface area contributed by atoms with Gasteiger partial charge in [-0.15, -0.1) is 0 Å². The lowest BCUT2D eigenvalue weighted by atomic mass is 10.1. The summed E-state index contributed by atoms with van der Waals surface area (Å²) < 4.78 is 41.9. The van der Waals surface area contributed by atoms with Crippen molar-refractivity contribution in [3.05, 3.63) is 71.1 Å². The minimum absolute atomic E-state index is 0.0426. The maximum atomic E-state index is 12.6. The minimum atomic E-state index is -4.81. The molecule has 0 spiro atoms. The number of carbonyl (C=O) groups excluding carboxylic acids is 3. The van der Waals surface area contributed by atoms with Crippen LogP contribution in [-0.4, -0.2) is 33.0 Å². The average molecular weight is 403 g/mol. The lowest BCUT2D eigenvalue weighted by molar-refractivity contribution is -0.159. The number of amides is 2. The molecule has 8 nitrogen and oxygen atoms in total. The molecular weight excluding hydrogens is 395 g/mol. The Morgan fingerprint density at radius 1 is 1.00 bits per heavy atom. The molecule has 1 aromatic heterocycles. The fraction of sp³-hybridized carbons (Fsp3) is 0.0556. The highest BCUT2D eigenvalue weighted by Crippen LogP contribution is 2.30. The van der Waals surface area contributed by atoms with E-state index in [1.807, 2.05) is 0 Å². The van der Waals surface area contributed by atoms with E-state index in [9.17, 15) is 27.6 Å². The van der Waals surface area contributed by atoms with Crippen molar-refractivity contribution < 1.29 is 36.9 Å². The van der Waals surface area contributed by atoms with Gasteiger partial charge in [-0.2, -0.15) is 18.2 Å². The lowest BCUT2D eigenvalue weighted by Gasteiger charge is -2.12. The molecule has 4 rings (SSSR count). The molecule has 2 aromatic carbocycles. The third-order valence-corrected chi connectivity index (χ3v) is 3.96. The predicted molar refractivity (Wildman–Crippen MR) is 87.1 cm³/mol. The van der Waals surface area contributed by atoms with Gasteiger partial charge < -0.3 is 9.36 Å². The van der Waals surface area contributed by atoms with Crippen molar-refractivity contribution in [2.45, 2.75) is 6.18 Å². The van der Waals surface area contributed by atoms with Gasteiger partial charge in [0, 0.05) is 5.56 Å². The van der Waals surface area contributed by atoms with Crippen molar-refractivity contribution in [3.8, 4) is 11.4 Å². The number of imide groups is 1. The van der Waals surface area contributed by atoms with E-state index >= 15 is 0 Å². The van der Waals surface area contributed by atoms with Crippen LogP contribution in [0.15, 0.2) is 53.1 Å². The van der Waals surface area contributed by atoms with E-state index < -0.39 is 35.7 Å². The van der Waals surface area contributed by atoms with Gasteiger partial charge in [0.25, 0.3) is 11.8 Å². The van der Waals surface area contributed by atoms with Crippen molar-refractivity contribution in [3.63, 3.8) is 0 Å². The van der Waals surface area contributed by atoms with Gasteiger partial charge in [-0.05, 0) is 24.3 Å². The molecule has 0 atom stereocenters. The second-order valence-electron chi connectivity index (χ2n) is 5.83. The highest BCUT2D eigenvalue weighted by molar-refractivity contribution is 6.21. The molecule has 0 N–H and O–H groups in total. The monoisotopic (exact) mass is 403 g/mol. The van der Waals surface area contributed by atoms with E-state index in [2.05, 4.69) is 14.7 Å². The molecule has 146 valence electrons. The van der Waals surface area contributed by atoms with Crippen LogP contribution in [0.25, 0.3) is 11.4 Å². The van der Waals surface area contributed by atoms with Crippen LogP contribution in [0.3, 0.4) is 0 Å². The maximum Gasteiger partial charge on any atom is 0.471 e. The van der Waals surface area contributed by atoms with Gasteiger partial charge in [0.05, 0.1) is 16.7 Å². The van der Waals surface area contributed by atoms with Gasteiger partial charge in [0.1, 0.15) is 0 Å². The molecule has 11 heteroatoms. The van der Waals surface area contributed by atoms with Crippen LogP contribution in [0.5, 0.6) is 0 Å². The van der Waals surface area contributed by atoms with Gasteiger partial charge >= 0.3 is 18.0 Å². The highest BCUT2D eigenvalue weighted by atomic mass is 19.4. The fourth-order valence-corrected chi connectivity index (χ4v) is 2.63. The Morgan fingerprint density at radius 2 is 1.66 bits per heavy atom. The van der Waals surface area contributed by atoms with Crippen molar-refractivity contribution in [1.29, 1.82) is 0 Å². The van der Waals surface area contributed by atoms with E-state index in [0.29, 0.717) is 5.06 Å². The van der Waals surface area contributed by atoms with Gasteiger partial charge in [-0.1, -0.05) is 34.5 Å². The topological polar surface area (TPSA) is 103 Å². The fourth-order valence-electron chi connectivity index (χ4n) is 2.63. The van der Waals surface area contributed by atoms with Crippen molar-refractivity contribution in [2.24, 2.45) is 0 Å². The van der Waals surface area contributed by atoms with Gasteiger partial charge in [-0.3, -0.25) is 9.59 Å². The Labute approximate surface area is 159 Å². The lowest BCUT2D eigenvalue weighted by Crippen LogP contribution is -2.32. The van der Waals surface area contributed by atoms with E-state index in [4.69, 9.17) is 4.84 Å². The minimum Gasteiger partial charge on any atom is -0.329 e. The number of hydrogen-bond donors (Lipinski definition) is 0. The van der Waals surface area contributed by atoms with Crippen molar-refractivity contribution in [1.82, 2.24) is 15.2 Å². The molecule has 0 unspecified atom stereocenters. The number of alkyl halides is 3. The summed E-state index contributed by atoms with van der Waals surface area (Å²) in [4.78, 5) is 45.0. The van der Waals surface area contributed by atoms with Crippen LogP contribution in [0.1, 0.15) is 37.0 Å². The summed E-state index contributed by atoms with van der Waals surface area (Å²) in [6.45, 7) is 0. The van der Waals surface area contributed by atoms with E-state index in [-0.39, 0.29) is 22.3 Å². The zero-order valence-electron chi connectivity index (χ0n) is 14.1. The van der Waals surface area contributed by atoms with Crippen molar-refractivity contribution in [2.75, 3.05) is 0 Å². The largest absolute Gasteiger partial charge is 0.471 e. The molecule has 1 aliphatic rings. The molecule has 3 aromatic rings. The number of hydroxylamine groups is 2. The van der Waals surface area contributed by atoms with Crippen molar-refractivity contribution >= 4 is 17.8 Å². The third kappa shape index (κ3) is 3.22. The molecular formula is C18H8F3N3O5. The normalized spacial score (nSPS) is 13.6. The van der Waals surface area contributed by atoms with Crippen LogP contribution in [-0.2, 0) is 11.0 Å². The van der Waals surface area contributed by atoms with E-state index in [1.54, 1.807) is 12.1 Å². The molecule has 0 saturated carbocycles. The number of rotatable bonds is 3. The summed E-state index contributed by atoms with van der Waals surface area (Å²) >= 11 is 0. The first-order valence-corrected chi connectivity index (χ1v) is 7.97. The number of carbonyl (C=O) groups is 3. The first-order valence-electron chi connectivity index (χ1n) is 7.97. The Kier molecular flexibility index (Phi) is 4.14. The first-order chi connectivity index (χ1) is 13.8. The first kappa shape index (κ1) is 18.3. The van der Waals surface area contributed by atoms with Gasteiger partial charge in [0.15, 0.2) is 0 Å². The number of aromatic nitrogens is 2. The zero-order valence-corrected chi connectivity index (χ0v) is 14.1. The standard InChI is InChI=1S/C18H8F3N3O5/c19-18(20,21)17-22-13(23-28-17)9-4-3-5-10(8-9)16(27)29-24-14(25)11-6-1-2-7-12(11)15(24)26/h1-8H. The smallest absolute Gasteiger partial charge is 0.329 e. The van der Waals surface area contributed by atoms with E-state index in [1.165, 1.54) is 30.3 Å². The summed E-state index contributed by atoms with van der Waals surface area (Å²) in [5, 5.41) is 3.56. The van der Waals surface area contributed by atoms with Crippen LogP contribution in [0, 0.1) is 0 Å². The van der Waals surface area contributed by atoms with Gasteiger partial charge in [0.2, 0.25) is 5.82 Å². The van der Waals surface area contributed by atoms with Crippen LogP contribution >= 0.6 is 0 Å². The molecule has 0 fully saturated rings. The molecule has 0 aliphatic carbocycles. The Balaban J connectivity index is 1.56. The Morgan fingerprint density at radius 3 is 2.24 bits per heavy atom. The second-order valence-corrected chi connectivity index (χ2v) is 5.83. The zero-order chi connectivity index (χ0) is 20.8. The SMILES string of the molecule is O=C(ON1C(=O)c2ccccc2C1=O)c1cccc(-c2noc(C(F)(F)F)n2)c1. The van der Waals surface area contributed by atoms with Crippen LogP contribution in [0.4, 0.5) is 13.2 Å². The van der Waals surface area contributed by atoms with Crippen LogP contribution < -0.4 is 0 Å². The molecule has 2 heterocycles. The molecule has 0 radical (unpaired) electrons. The van der Waals surface area contributed by atoms with E-state index in [0.717, 1.165) is 6.07 Å². The summed E-state index contributed by atoms with van der Waals surface area (Å²) in [6, 6.07) is 11.1. The number of benzene rings is 2. The number of fused-ring (bicyclic) bond motifs is 1. The summed E-state index contributed by atoms with van der Waals surface area (Å²) in [5.74, 6) is -4.61. The Bertz CT molecular complexity index is 1120. The van der Waals surface area contributed by atoms with Gasteiger partial charge in [-0.25, -0.2) is 4.79 Å². The molecule has 1 aliphatic heterocycles. The Hall–Kier alpha value is -4.02. The second kappa shape index (κ2) is 6.55. The molecule has 29 heavy (non-hydrogen) atoms. The van der Waals surface area contributed by atoms with Crippen LogP contribution in [0.2, 0.25) is 0 Å². The maximum absolute atomic E-state index is 12.6. The summed E-state index contributed by atoms with van der Waals surface area (Å²) in [5.41, 5.74) is 0.0783. The molecule has 0 bridgehead atoms. The number of halogens is 3. The summed E-state index contributed by atoms with van der Waals surface area (Å²) in [6.07, 6.45) is -4.81. The number of hydrogen-bond acceptors (Lipinski definition) is 7. The number of nitrogens with zero attached hydrogens (tertiary/aromatic N) is 3. The average Bonchev–Trinajstić information content (AvgIpc) is 3.29. The third-order valence-electron chi connectivity index (χ3n) is 3.96. The summed E-state index contributed by atoms with van der Waals surface area (Å²) in [7, 11) is 0. The highest BCUT2D eigenvalue weighted by Gasteiger charge is 2.39. The molecule has 0 saturated heterocycles. The quantitative estimate of drug-likeness (QED) is 0.619. The molecule has 2 amide bonds. The predicted octanol–water partition coefficient (Wildman–Crippen LogP) is 3.12.